The number of hydrogen-bond acceptors (Lipinski definition) is 5. The molecule has 1 atom stereocenters. The molecule has 1 N–H and O–H groups in total. The highest BCUT2D eigenvalue weighted by atomic mass is 16.5. The number of benzene rings is 1. The molecule has 140 valence electrons. The Morgan fingerprint density at radius 2 is 2.15 bits per heavy atom. The number of rotatable bonds is 6. The standard InChI is InChI=1S/C20H23N5O2/c1-12-9-13(2)25(23-12)11-15-5-4-6-17(10-15)19(26)21-14(3)20-22-18(24-27-20)16-7-8-16/h4-6,9-10,14,16H,7-8,11H2,1-3H3,(H,21,26)/t14-/m1/s1. The lowest BCUT2D eigenvalue weighted by atomic mass is 10.1. The third-order valence-electron chi connectivity index (χ3n) is 4.74. The number of nitrogens with zero attached hydrogens (tertiary/aromatic N) is 4. The number of nitrogens with one attached hydrogen (secondary N) is 1. The van der Waals surface area contributed by atoms with E-state index in [4.69, 9.17) is 4.52 Å². The molecule has 1 amide bonds. The lowest BCUT2D eigenvalue weighted by molar-refractivity contribution is 0.0932. The van der Waals surface area contributed by atoms with E-state index in [1.165, 1.54) is 0 Å². The summed E-state index contributed by atoms with van der Waals surface area (Å²) in [5.41, 5.74) is 3.71. The van der Waals surface area contributed by atoms with Crippen molar-refractivity contribution in [2.45, 2.75) is 52.1 Å². The van der Waals surface area contributed by atoms with E-state index < -0.39 is 0 Å². The van der Waals surface area contributed by atoms with Crippen LogP contribution < -0.4 is 5.32 Å². The molecule has 7 heteroatoms. The summed E-state index contributed by atoms with van der Waals surface area (Å²) in [5.74, 6) is 1.46. The van der Waals surface area contributed by atoms with Crippen LogP contribution in [0.25, 0.3) is 0 Å². The third kappa shape index (κ3) is 3.92. The third-order valence-corrected chi connectivity index (χ3v) is 4.74. The van der Waals surface area contributed by atoms with Crippen LogP contribution in [0.1, 0.15) is 70.7 Å². The molecule has 0 aliphatic heterocycles. The molecule has 0 bridgehead atoms. The summed E-state index contributed by atoms with van der Waals surface area (Å²) >= 11 is 0. The molecule has 0 saturated heterocycles. The number of aryl methyl sites for hydroxylation is 2. The van der Waals surface area contributed by atoms with E-state index in [2.05, 4.69) is 20.6 Å². The van der Waals surface area contributed by atoms with Crippen molar-refractivity contribution in [1.29, 1.82) is 0 Å². The first-order chi connectivity index (χ1) is 13.0. The van der Waals surface area contributed by atoms with Gasteiger partial charge in [0.1, 0.15) is 6.04 Å². The number of carbonyl (C=O) groups excluding carboxylic acids is 1. The molecule has 0 unspecified atom stereocenters. The monoisotopic (exact) mass is 365 g/mol. The van der Waals surface area contributed by atoms with E-state index in [1.807, 2.05) is 49.7 Å². The quantitative estimate of drug-likeness (QED) is 0.724. The molecule has 1 fully saturated rings. The Balaban J connectivity index is 1.44. The van der Waals surface area contributed by atoms with Gasteiger partial charge in [-0.25, -0.2) is 0 Å². The van der Waals surface area contributed by atoms with Gasteiger partial charge in [0, 0.05) is 17.2 Å². The molecule has 2 aromatic heterocycles. The van der Waals surface area contributed by atoms with Crippen LogP contribution in [0, 0.1) is 13.8 Å². The molecule has 1 aliphatic carbocycles. The predicted octanol–water partition coefficient (Wildman–Crippen LogP) is 3.30. The zero-order valence-electron chi connectivity index (χ0n) is 15.8. The van der Waals surface area contributed by atoms with E-state index in [1.54, 1.807) is 6.07 Å². The lowest BCUT2D eigenvalue weighted by Gasteiger charge is -2.11. The van der Waals surface area contributed by atoms with Gasteiger partial charge in [0.25, 0.3) is 5.91 Å². The maximum atomic E-state index is 12.6. The van der Waals surface area contributed by atoms with Crippen molar-refractivity contribution in [2.24, 2.45) is 0 Å². The largest absolute Gasteiger partial charge is 0.341 e. The van der Waals surface area contributed by atoms with Crippen LogP contribution in [0.4, 0.5) is 0 Å². The number of hydrogen-bond donors (Lipinski definition) is 1. The summed E-state index contributed by atoms with van der Waals surface area (Å²) < 4.78 is 7.23. The van der Waals surface area contributed by atoms with Crippen LogP contribution in [-0.4, -0.2) is 25.8 Å². The van der Waals surface area contributed by atoms with Gasteiger partial charge < -0.3 is 9.84 Å². The predicted molar refractivity (Wildman–Crippen MR) is 99.4 cm³/mol. The highest BCUT2D eigenvalue weighted by Crippen LogP contribution is 2.38. The number of carbonyl (C=O) groups is 1. The molecule has 1 aromatic carbocycles. The average molecular weight is 365 g/mol. The molecule has 27 heavy (non-hydrogen) atoms. The van der Waals surface area contributed by atoms with Crippen molar-refractivity contribution < 1.29 is 9.32 Å². The summed E-state index contributed by atoms with van der Waals surface area (Å²) in [6, 6.07) is 9.28. The van der Waals surface area contributed by atoms with Crippen LogP contribution >= 0.6 is 0 Å². The molecular formula is C20H23N5O2. The molecular weight excluding hydrogens is 342 g/mol. The van der Waals surface area contributed by atoms with Crippen molar-refractivity contribution in [3.05, 3.63) is 64.6 Å². The van der Waals surface area contributed by atoms with Crippen LogP contribution in [0.3, 0.4) is 0 Å². The summed E-state index contributed by atoms with van der Waals surface area (Å²) in [6.45, 7) is 6.48. The van der Waals surface area contributed by atoms with Crippen molar-refractivity contribution >= 4 is 5.91 Å². The van der Waals surface area contributed by atoms with Gasteiger partial charge in [-0.3, -0.25) is 9.48 Å². The first-order valence-corrected chi connectivity index (χ1v) is 9.24. The van der Waals surface area contributed by atoms with Crippen molar-refractivity contribution in [1.82, 2.24) is 25.2 Å². The van der Waals surface area contributed by atoms with Gasteiger partial charge >= 0.3 is 0 Å². The van der Waals surface area contributed by atoms with Gasteiger partial charge in [0.05, 0.1) is 12.2 Å². The Morgan fingerprint density at radius 3 is 2.85 bits per heavy atom. The first-order valence-electron chi connectivity index (χ1n) is 9.24. The Bertz CT molecular complexity index is 970. The summed E-state index contributed by atoms with van der Waals surface area (Å²) in [4.78, 5) is 17.0. The van der Waals surface area contributed by atoms with Crippen LogP contribution in [0.2, 0.25) is 0 Å². The van der Waals surface area contributed by atoms with E-state index >= 15 is 0 Å². The molecule has 2 heterocycles. The van der Waals surface area contributed by atoms with E-state index in [0.29, 0.717) is 23.9 Å². The second-order valence-electron chi connectivity index (χ2n) is 7.25. The molecule has 3 aromatic rings. The number of amides is 1. The minimum Gasteiger partial charge on any atom is -0.341 e. The second kappa shape index (κ2) is 6.98. The lowest BCUT2D eigenvalue weighted by Crippen LogP contribution is -2.27. The van der Waals surface area contributed by atoms with E-state index in [9.17, 15) is 4.79 Å². The Hall–Kier alpha value is -2.96. The zero-order chi connectivity index (χ0) is 19.0. The van der Waals surface area contributed by atoms with Gasteiger partial charge in [-0.05, 0) is 57.4 Å². The smallest absolute Gasteiger partial charge is 0.251 e. The van der Waals surface area contributed by atoms with Crippen molar-refractivity contribution in [3.63, 3.8) is 0 Å². The minimum absolute atomic E-state index is 0.163. The van der Waals surface area contributed by atoms with Gasteiger partial charge in [0.15, 0.2) is 5.82 Å². The minimum atomic E-state index is -0.336. The number of aromatic nitrogens is 4. The Kier molecular flexibility index (Phi) is 4.51. The second-order valence-corrected chi connectivity index (χ2v) is 7.25. The van der Waals surface area contributed by atoms with Gasteiger partial charge in [-0.15, -0.1) is 0 Å². The average Bonchev–Trinajstić information content (AvgIpc) is 3.28. The zero-order valence-corrected chi connectivity index (χ0v) is 15.8. The topological polar surface area (TPSA) is 85.8 Å². The fourth-order valence-corrected chi connectivity index (χ4v) is 3.09. The van der Waals surface area contributed by atoms with Gasteiger partial charge in [-0.2, -0.15) is 10.1 Å². The maximum Gasteiger partial charge on any atom is 0.251 e. The molecule has 0 spiro atoms. The van der Waals surface area contributed by atoms with Crippen LogP contribution in [-0.2, 0) is 6.54 Å². The molecule has 7 nitrogen and oxygen atoms in total. The fourth-order valence-electron chi connectivity index (χ4n) is 3.09. The Morgan fingerprint density at radius 1 is 1.33 bits per heavy atom. The molecule has 1 aliphatic rings. The first kappa shape index (κ1) is 17.5. The SMILES string of the molecule is Cc1cc(C)n(Cc2cccc(C(=O)N[C@H](C)c3nc(C4CC4)no3)c2)n1. The highest BCUT2D eigenvalue weighted by molar-refractivity contribution is 5.94. The molecule has 0 radical (unpaired) electrons. The summed E-state index contributed by atoms with van der Waals surface area (Å²) in [7, 11) is 0. The van der Waals surface area contributed by atoms with E-state index in [0.717, 1.165) is 35.6 Å². The normalized spacial score (nSPS) is 14.9. The van der Waals surface area contributed by atoms with Gasteiger partial charge in [-0.1, -0.05) is 17.3 Å². The van der Waals surface area contributed by atoms with Crippen LogP contribution in [0.15, 0.2) is 34.9 Å². The summed E-state index contributed by atoms with van der Waals surface area (Å²) in [6.07, 6.45) is 2.23. The molecule has 4 rings (SSSR count). The van der Waals surface area contributed by atoms with Gasteiger partial charge in [0.2, 0.25) is 5.89 Å². The summed E-state index contributed by atoms with van der Waals surface area (Å²) in [5, 5.41) is 11.4. The molecule has 1 saturated carbocycles. The van der Waals surface area contributed by atoms with Crippen molar-refractivity contribution in [2.75, 3.05) is 0 Å². The van der Waals surface area contributed by atoms with E-state index in [-0.39, 0.29) is 11.9 Å². The highest BCUT2D eigenvalue weighted by Gasteiger charge is 2.29. The Labute approximate surface area is 157 Å². The fraction of sp³-hybridized carbons (Fsp3) is 0.400. The van der Waals surface area contributed by atoms with Crippen molar-refractivity contribution in [3.8, 4) is 0 Å². The maximum absolute atomic E-state index is 12.6. The van der Waals surface area contributed by atoms with Crippen LogP contribution in [0.5, 0.6) is 0 Å².